The number of hydrogen-bond acceptors (Lipinski definition) is 1. The molecule has 1 aliphatic rings. The molecule has 2 unspecified atom stereocenters. The summed E-state index contributed by atoms with van der Waals surface area (Å²) in [5.74, 6) is 0.374. The van der Waals surface area contributed by atoms with E-state index in [-0.39, 0.29) is 17.9 Å². The molecule has 0 radical (unpaired) electrons. The highest BCUT2D eigenvalue weighted by atomic mass is 16.2. The quantitative estimate of drug-likeness (QED) is 0.854. The fourth-order valence-electron chi connectivity index (χ4n) is 2.64. The van der Waals surface area contributed by atoms with E-state index < -0.39 is 0 Å². The molecule has 3 rings (SSSR count). The normalized spacial score (nSPS) is 22.8. The van der Waals surface area contributed by atoms with Crippen LogP contribution in [0.5, 0.6) is 0 Å². The zero-order valence-corrected chi connectivity index (χ0v) is 10.0. The van der Waals surface area contributed by atoms with E-state index >= 15 is 0 Å². The van der Waals surface area contributed by atoms with Gasteiger partial charge in [-0.2, -0.15) is 0 Å². The lowest BCUT2D eigenvalue weighted by Crippen LogP contribution is -2.20. The molecule has 18 heavy (non-hydrogen) atoms. The summed E-state index contributed by atoms with van der Waals surface area (Å²) in [5, 5.41) is 3.08. The van der Waals surface area contributed by atoms with Gasteiger partial charge >= 0.3 is 0 Å². The summed E-state index contributed by atoms with van der Waals surface area (Å²) in [4.78, 5) is 11.7. The first kappa shape index (κ1) is 11.0. The molecular formula is C16H15NO. The number of amides is 1. The first-order valence-corrected chi connectivity index (χ1v) is 6.24. The first-order valence-electron chi connectivity index (χ1n) is 6.24. The average Bonchev–Trinajstić information content (AvgIpc) is 2.83. The fourth-order valence-corrected chi connectivity index (χ4v) is 2.64. The Morgan fingerprint density at radius 1 is 0.833 bits per heavy atom. The third-order valence-electron chi connectivity index (χ3n) is 3.51. The highest BCUT2D eigenvalue weighted by Gasteiger charge is 2.34. The van der Waals surface area contributed by atoms with Crippen LogP contribution in [-0.2, 0) is 4.79 Å². The highest BCUT2D eigenvalue weighted by molar-refractivity contribution is 5.80. The molecule has 1 aliphatic heterocycles. The molecule has 0 saturated carbocycles. The maximum Gasteiger partial charge on any atom is 0.221 e. The Morgan fingerprint density at radius 2 is 1.39 bits per heavy atom. The predicted molar refractivity (Wildman–Crippen MR) is 71.1 cm³/mol. The van der Waals surface area contributed by atoms with Crippen LogP contribution >= 0.6 is 0 Å². The van der Waals surface area contributed by atoms with Gasteiger partial charge in [0, 0.05) is 12.3 Å². The van der Waals surface area contributed by atoms with Gasteiger partial charge in [-0.15, -0.1) is 0 Å². The summed E-state index contributed by atoms with van der Waals surface area (Å²) >= 11 is 0. The SMILES string of the molecule is O=C1CC(c2ccccc2)C(c2ccccc2)N1. The van der Waals surface area contributed by atoms with Crippen LogP contribution in [0, 0.1) is 0 Å². The third-order valence-corrected chi connectivity index (χ3v) is 3.51. The molecule has 0 aliphatic carbocycles. The molecule has 0 aromatic heterocycles. The maximum absolute atomic E-state index is 11.7. The molecule has 0 spiro atoms. The summed E-state index contributed by atoms with van der Waals surface area (Å²) in [7, 11) is 0. The smallest absolute Gasteiger partial charge is 0.221 e. The standard InChI is InChI=1S/C16H15NO/c18-15-11-14(12-7-3-1-4-8-12)16(17-15)13-9-5-2-6-10-13/h1-10,14,16H,11H2,(H,17,18). The maximum atomic E-state index is 11.7. The minimum atomic E-state index is 0.0982. The van der Waals surface area contributed by atoms with Gasteiger partial charge in [0.1, 0.15) is 0 Å². The lowest BCUT2D eigenvalue weighted by Gasteiger charge is -2.19. The predicted octanol–water partition coefficient (Wildman–Crippen LogP) is 3.03. The fraction of sp³-hybridized carbons (Fsp3) is 0.188. The van der Waals surface area contributed by atoms with Crippen LogP contribution in [0.4, 0.5) is 0 Å². The number of carbonyl (C=O) groups is 1. The van der Waals surface area contributed by atoms with Crippen molar-refractivity contribution in [2.75, 3.05) is 0 Å². The number of rotatable bonds is 2. The molecule has 2 atom stereocenters. The second-order valence-electron chi connectivity index (χ2n) is 4.68. The molecule has 1 amide bonds. The number of hydrogen-bond donors (Lipinski definition) is 1. The van der Waals surface area contributed by atoms with E-state index in [2.05, 4.69) is 29.6 Å². The van der Waals surface area contributed by atoms with Gasteiger partial charge in [0.25, 0.3) is 0 Å². The van der Waals surface area contributed by atoms with Crippen molar-refractivity contribution in [3.8, 4) is 0 Å². The summed E-state index contributed by atoms with van der Waals surface area (Å²) in [6.45, 7) is 0. The number of carbonyl (C=O) groups excluding carboxylic acids is 1. The van der Waals surface area contributed by atoms with Gasteiger partial charge in [-0.05, 0) is 11.1 Å². The average molecular weight is 237 g/mol. The van der Waals surface area contributed by atoms with Crippen LogP contribution in [0.3, 0.4) is 0 Å². The zero-order chi connectivity index (χ0) is 12.4. The van der Waals surface area contributed by atoms with Crippen LogP contribution in [0.25, 0.3) is 0 Å². The molecule has 2 aromatic carbocycles. The Hall–Kier alpha value is -2.09. The van der Waals surface area contributed by atoms with Crippen molar-refractivity contribution < 1.29 is 4.79 Å². The van der Waals surface area contributed by atoms with Crippen molar-refractivity contribution in [2.45, 2.75) is 18.4 Å². The monoisotopic (exact) mass is 237 g/mol. The lowest BCUT2D eigenvalue weighted by atomic mass is 9.88. The van der Waals surface area contributed by atoms with Crippen LogP contribution in [-0.4, -0.2) is 5.91 Å². The van der Waals surface area contributed by atoms with Crippen molar-refractivity contribution >= 4 is 5.91 Å². The molecule has 90 valence electrons. The molecule has 1 fully saturated rings. The van der Waals surface area contributed by atoms with Crippen molar-refractivity contribution in [2.24, 2.45) is 0 Å². The van der Waals surface area contributed by atoms with Gasteiger partial charge in [0.15, 0.2) is 0 Å². The van der Waals surface area contributed by atoms with Gasteiger partial charge in [0.05, 0.1) is 6.04 Å². The summed E-state index contributed by atoms with van der Waals surface area (Å²) in [5.41, 5.74) is 2.40. The summed E-state index contributed by atoms with van der Waals surface area (Å²) in [6, 6.07) is 20.5. The van der Waals surface area contributed by atoms with E-state index in [0.29, 0.717) is 6.42 Å². The van der Waals surface area contributed by atoms with E-state index in [1.807, 2.05) is 36.4 Å². The Balaban J connectivity index is 1.96. The first-order chi connectivity index (χ1) is 8.84. The Kier molecular flexibility index (Phi) is 2.85. The molecule has 2 nitrogen and oxygen atoms in total. The third kappa shape index (κ3) is 2.02. The summed E-state index contributed by atoms with van der Waals surface area (Å²) in [6.07, 6.45) is 0.573. The van der Waals surface area contributed by atoms with Crippen LogP contribution in [0.1, 0.15) is 29.5 Å². The van der Waals surface area contributed by atoms with Gasteiger partial charge in [-0.3, -0.25) is 4.79 Å². The van der Waals surface area contributed by atoms with Gasteiger partial charge < -0.3 is 5.32 Å². The van der Waals surface area contributed by atoms with Crippen molar-refractivity contribution in [1.82, 2.24) is 5.32 Å². The molecule has 2 aromatic rings. The van der Waals surface area contributed by atoms with Crippen molar-refractivity contribution in [3.05, 3.63) is 71.8 Å². The van der Waals surface area contributed by atoms with E-state index in [1.165, 1.54) is 11.1 Å². The van der Waals surface area contributed by atoms with Crippen LogP contribution in [0.15, 0.2) is 60.7 Å². The number of benzene rings is 2. The minimum absolute atomic E-state index is 0.0982. The van der Waals surface area contributed by atoms with Crippen molar-refractivity contribution in [3.63, 3.8) is 0 Å². The van der Waals surface area contributed by atoms with E-state index in [4.69, 9.17) is 0 Å². The Labute approximate surface area is 107 Å². The molecule has 1 saturated heterocycles. The Bertz CT molecular complexity index is 486. The second-order valence-corrected chi connectivity index (χ2v) is 4.68. The van der Waals surface area contributed by atoms with E-state index in [9.17, 15) is 4.79 Å². The largest absolute Gasteiger partial charge is 0.349 e. The van der Waals surface area contributed by atoms with Gasteiger partial charge in [-0.25, -0.2) is 0 Å². The Morgan fingerprint density at radius 3 is 2.00 bits per heavy atom. The van der Waals surface area contributed by atoms with Gasteiger partial charge in [0.2, 0.25) is 5.91 Å². The second kappa shape index (κ2) is 4.65. The molecule has 2 heteroatoms. The molecule has 1 N–H and O–H groups in total. The van der Waals surface area contributed by atoms with Gasteiger partial charge in [-0.1, -0.05) is 60.7 Å². The summed E-state index contributed by atoms with van der Waals surface area (Å²) < 4.78 is 0. The van der Waals surface area contributed by atoms with Crippen LogP contribution in [0.2, 0.25) is 0 Å². The van der Waals surface area contributed by atoms with Crippen LogP contribution < -0.4 is 5.32 Å². The topological polar surface area (TPSA) is 29.1 Å². The highest BCUT2D eigenvalue weighted by Crippen LogP contribution is 2.37. The lowest BCUT2D eigenvalue weighted by molar-refractivity contribution is -0.119. The molecule has 1 heterocycles. The molecular weight excluding hydrogens is 222 g/mol. The van der Waals surface area contributed by atoms with Crippen molar-refractivity contribution in [1.29, 1.82) is 0 Å². The minimum Gasteiger partial charge on any atom is -0.349 e. The number of nitrogens with one attached hydrogen (secondary N) is 1. The van der Waals surface area contributed by atoms with E-state index in [1.54, 1.807) is 0 Å². The molecule has 0 bridgehead atoms. The van der Waals surface area contributed by atoms with E-state index in [0.717, 1.165) is 0 Å². The zero-order valence-electron chi connectivity index (χ0n) is 10.0.